The van der Waals surface area contributed by atoms with Gasteiger partial charge in [0.2, 0.25) is 0 Å². The summed E-state index contributed by atoms with van der Waals surface area (Å²) in [7, 11) is 0. The molecule has 100 valence electrons. The van der Waals surface area contributed by atoms with Crippen LogP contribution in [-0.4, -0.2) is 42.2 Å². The third-order valence-electron chi connectivity index (χ3n) is 3.56. The molecule has 1 aromatic rings. The summed E-state index contributed by atoms with van der Waals surface area (Å²) in [5.41, 5.74) is 0. The van der Waals surface area contributed by atoms with E-state index in [1.165, 1.54) is 0 Å². The average molecular weight is 253 g/mol. The highest BCUT2D eigenvalue weighted by Crippen LogP contribution is 2.32. The van der Waals surface area contributed by atoms with Crippen molar-refractivity contribution < 1.29 is 14.0 Å². The van der Waals surface area contributed by atoms with Crippen molar-refractivity contribution >= 4 is 6.01 Å². The molecule has 3 heterocycles. The Morgan fingerprint density at radius 2 is 1.83 bits per heavy atom. The summed E-state index contributed by atoms with van der Waals surface area (Å²) < 4.78 is 16.7. The topological polar surface area (TPSA) is 60.6 Å². The van der Waals surface area contributed by atoms with Gasteiger partial charge in [-0.1, -0.05) is 19.0 Å². The van der Waals surface area contributed by atoms with Crippen LogP contribution in [0, 0.1) is 0 Å². The number of hydrogen-bond donors (Lipinski definition) is 0. The Kier molecular flexibility index (Phi) is 2.99. The zero-order chi connectivity index (χ0) is 12.6. The number of rotatable bonds is 2. The van der Waals surface area contributed by atoms with Gasteiger partial charge in [-0.3, -0.25) is 0 Å². The van der Waals surface area contributed by atoms with Crippen molar-refractivity contribution in [2.45, 2.75) is 38.4 Å². The molecule has 0 radical (unpaired) electrons. The van der Waals surface area contributed by atoms with Gasteiger partial charge >= 0.3 is 6.01 Å². The Balaban J connectivity index is 1.64. The highest BCUT2D eigenvalue weighted by Gasteiger charge is 2.40. The maximum Gasteiger partial charge on any atom is 0.324 e. The molecule has 1 spiro atoms. The number of aromatic nitrogens is 2. The molecule has 6 nitrogen and oxygen atoms in total. The van der Waals surface area contributed by atoms with Crippen molar-refractivity contribution in [3.63, 3.8) is 0 Å². The lowest BCUT2D eigenvalue weighted by atomic mass is 10.0. The van der Waals surface area contributed by atoms with Crippen molar-refractivity contribution in [1.82, 2.24) is 10.1 Å². The van der Waals surface area contributed by atoms with Crippen LogP contribution in [0.5, 0.6) is 0 Å². The van der Waals surface area contributed by atoms with Gasteiger partial charge in [0.25, 0.3) is 0 Å². The van der Waals surface area contributed by atoms with Crippen LogP contribution in [0.4, 0.5) is 6.01 Å². The Labute approximate surface area is 106 Å². The SMILES string of the molecule is CC(C)c1noc(N2CCC3(CC2)OCCO3)n1. The molecule has 0 saturated carbocycles. The standard InChI is InChI=1S/C12H19N3O3/c1-9(2)10-13-11(18-14-10)15-5-3-12(4-6-15)16-7-8-17-12/h9H,3-8H2,1-2H3. The van der Waals surface area contributed by atoms with E-state index >= 15 is 0 Å². The minimum Gasteiger partial charge on any atom is -0.347 e. The Morgan fingerprint density at radius 1 is 1.17 bits per heavy atom. The van der Waals surface area contributed by atoms with Gasteiger partial charge in [-0.15, -0.1) is 0 Å². The van der Waals surface area contributed by atoms with Gasteiger partial charge in [0.05, 0.1) is 13.2 Å². The molecule has 0 bridgehead atoms. The fraction of sp³-hybridized carbons (Fsp3) is 0.833. The molecule has 0 atom stereocenters. The van der Waals surface area contributed by atoms with Crippen molar-refractivity contribution in [2.75, 3.05) is 31.2 Å². The summed E-state index contributed by atoms with van der Waals surface area (Å²) in [6.45, 7) is 7.19. The van der Waals surface area contributed by atoms with Gasteiger partial charge in [0.1, 0.15) is 0 Å². The van der Waals surface area contributed by atoms with Crippen LogP contribution in [0.2, 0.25) is 0 Å². The monoisotopic (exact) mass is 253 g/mol. The van der Waals surface area contributed by atoms with Gasteiger partial charge in [-0.2, -0.15) is 4.98 Å². The second-order valence-electron chi connectivity index (χ2n) is 5.18. The lowest BCUT2D eigenvalue weighted by Gasteiger charge is -2.36. The minimum absolute atomic E-state index is 0.292. The second-order valence-corrected chi connectivity index (χ2v) is 5.18. The third kappa shape index (κ3) is 2.10. The molecule has 1 aromatic heterocycles. The minimum atomic E-state index is -0.350. The van der Waals surface area contributed by atoms with Gasteiger partial charge in [-0.25, -0.2) is 0 Å². The maximum atomic E-state index is 5.69. The Morgan fingerprint density at radius 3 is 2.39 bits per heavy atom. The van der Waals surface area contributed by atoms with Crippen LogP contribution < -0.4 is 4.90 Å². The van der Waals surface area contributed by atoms with E-state index < -0.39 is 0 Å². The first-order chi connectivity index (χ1) is 8.69. The van der Waals surface area contributed by atoms with E-state index in [2.05, 4.69) is 28.9 Å². The summed E-state index contributed by atoms with van der Waals surface area (Å²) in [6, 6.07) is 0.617. The first-order valence-corrected chi connectivity index (χ1v) is 6.55. The molecular formula is C12H19N3O3. The highest BCUT2D eigenvalue weighted by atomic mass is 16.7. The van der Waals surface area contributed by atoms with E-state index in [0.29, 0.717) is 25.1 Å². The fourth-order valence-corrected chi connectivity index (χ4v) is 2.41. The summed E-state index contributed by atoms with van der Waals surface area (Å²) in [5, 5.41) is 3.99. The number of ether oxygens (including phenoxy) is 2. The van der Waals surface area contributed by atoms with Crippen LogP contribution in [0.1, 0.15) is 38.4 Å². The molecule has 0 aromatic carbocycles. The van der Waals surface area contributed by atoms with Crippen LogP contribution in [0.15, 0.2) is 4.52 Å². The first-order valence-electron chi connectivity index (χ1n) is 6.55. The van der Waals surface area contributed by atoms with Crippen molar-refractivity contribution in [2.24, 2.45) is 0 Å². The summed E-state index contributed by atoms with van der Waals surface area (Å²) in [6.07, 6.45) is 1.71. The van der Waals surface area contributed by atoms with E-state index in [1.807, 2.05) is 0 Å². The van der Waals surface area contributed by atoms with Crippen LogP contribution in [0.3, 0.4) is 0 Å². The molecule has 0 aliphatic carbocycles. The second kappa shape index (κ2) is 4.51. The number of piperidine rings is 1. The van der Waals surface area contributed by atoms with Gasteiger partial charge in [-0.05, 0) is 0 Å². The predicted octanol–water partition coefficient (Wildman–Crippen LogP) is 1.54. The molecule has 3 rings (SSSR count). The molecule has 0 amide bonds. The van der Waals surface area contributed by atoms with E-state index in [4.69, 9.17) is 14.0 Å². The molecule has 2 saturated heterocycles. The van der Waals surface area contributed by atoms with Gasteiger partial charge < -0.3 is 18.9 Å². The third-order valence-corrected chi connectivity index (χ3v) is 3.56. The lowest BCUT2D eigenvalue weighted by Crippen LogP contribution is -2.45. The molecule has 2 aliphatic rings. The predicted molar refractivity (Wildman–Crippen MR) is 64.5 cm³/mol. The van der Waals surface area contributed by atoms with Gasteiger partial charge in [0.15, 0.2) is 11.6 Å². The van der Waals surface area contributed by atoms with E-state index in [9.17, 15) is 0 Å². The average Bonchev–Trinajstić information content (AvgIpc) is 3.00. The van der Waals surface area contributed by atoms with Crippen molar-refractivity contribution in [3.05, 3.63) is 5.82 Å². The number of anilines is 1. The summed E-state index contributed by atoms with van der Waals surface area (Å²) in [4.78, 5) is 6.52. The first kappa shape index (κ1) is 11.9. The quantitative estimate of drug-likeness (QED) is 0.796. The summed E-state index contributed by atoms with van der Waals surface area (Å²) >= 11 is 0. The maximum absolute atomic E-state index is 5.69. The Hall–Kier alpha value is -1.14. The number of hydrogen-bond acceptors (Lipinski definition) is 6. The van der Waals surface area contributed by atoms with E-state index in [-0.39, 0.29) is 5.79 Å². The fourth-order valence-electron chi connectivity index (χ4n) is 2.41. The van der Waals surface area contributed by atoms with Crippen LogP contribution in [-0.2, 0) is 9.47 Å². The molecular weight excluding hydrogens is 234 g/mol. The van der Waals surface area contributed by atoms with Crippen LogP contribution in [0.25, 0.3) is 0 Å². The molecule has 0 N–H and O–H groups in total. The zero-order valence-corrected chi connectivity index (χ0v) is 10.9. The molecule has 2 aliphatic heterocycles. The normalized spacial score (nSPS) is 23.2. The molecule has 0 unspecified atom stereocenters. The zero-order valence-electron chi connectivity index (χ0n) is 10.9. The smallest absolute Gasteiger partial charge is 0.324 e. The largest absolute Gasteiger partial charge is 0.347 e. The molecule has 18 heavy (non-hydrogen) atoms. The van der Waals surface area contributed by atoms with E-state index in [1.54, 1.807) is 0 Å². The summed E-state index contributed by atoms with van der Waals surface area (Å²) in [5.74, 6) is 0.705. The van der Waals surface area contributed by atoms with Crippen molar-refractivity contribution in [3.8, 4) is 0 Å². The lowest BCUT2D eigenvalue weighted by molar-refractivity contribution is -0.169. The van der Waals surface area contributed by atoms with Crippen molar-refractivity contribution in [1.29, 1.82) is 0 Å². The Bertz CT molecular complexity index is 402. The molecule has 6 heteroatoms. The number of nitrogens with zero attached hydrogens (tertiary/aromatic N) is 3. The van der Waals surface area contributed by atoms with Gasteiger partial charge in [0, 0.05) is 31.8 Å². The van der Waals surface area contributed by atoms with Crippen LogP contribution >= 0.6 is 0 Å². The highest BCUT2D eigenvalue weighted by molar-refractivity contribution is 5.26. The van der Waals surface area contributed by atoms with E-state index in [0.717, 1.165) is 31.8 Å². The molecule has 2 fully saturated rings.